The van der Waals surface area contributed by atoms with Crippen LogP contribution < -0.4 is 15.6 Å². The zero-order valence-corrected chi connectivity index (χ0v) is 15.2. The second kappa shape index (κ2) is 7.44. The highest BCUT2D eigenvalue weighted by Gasteiger charge is 2.10. The van der Waals surface area contributed by atoms with Gasteiger partial charge in [0, 0.05) is 23.8 Å². The molecule has 1 N–H and O–H groups in total. The fraction of sp³-hybridized carbons (Fsp3) is 0.238. The fourth-order valence-corrected chi connectivity index (χ4v) is 2.86. The van der Waals surface area contributed by atoms with Gasteiger partial charge in [-0.1, -0.05) is 18.2 Å². The minimum Gasteiger partial charge on any atom is -0.483 e. The lowest BCUT2D eigenvalue weighted by Crippen LogP contribution is -2.21. The summed E-state index contributed by atoms with van der Waals surface area (Å²) in [6.45, 7) is 6.33. The van der Waals surface area contributed by atoms with Crippen molar-refractivity contribution in [3.63, 3.8) is 0 Å². The molecule has 0 aliphatic heterocycles. The molecule has 0 saturated carbocycles. The zero-order chi connectivity index (χ0) is 18.7. The van der Waals surface area contributed by atoms with Crippen LogP contribution in [-0.2, 0) is 11.3 Å². The summed E-state index contributed by atoms with van der Waals surface area (Å²) in [4.78, 5) is 24.6. The molecular formula is C21H22N2O3. The second-order valence-corrected chi connectivity index (χ2v) is 6.28. The maximum atomic E-state index is 12.4. The summed E-state index contributed by atoms with van der Waals surface area (Å²) in [6, 6.07) is 13.0. The van der Waals surface area contributed by atoms with Crippen LogP contribution in [0.5, 0.6) is 5.75 Å². The van der Waals surface area contributed by atoms with E-state index in [-0.39, 0.29) is 18.1 Å². The summed E-state index contributed by atoms with van der Waals surface area (Å²) in [6.07, 6.45) is 1.74. The Labute approximate surface area is 152 Å². The van der Waals surface area contributed by atoms with Crippen molar-refractivity contribution < 1.29 is 9.53 Å². The van der Waals surface area contributed by atoms with Crippen molar-refractivity contribution in [3.05, 3.63) is 70.1 Å². The number of nitrogens with one attached hydrogen (secondary N) is 1. The smallest absolute Gasteiger partial charge is 0.262 e. The normalized spacial score (nSPS) is 10.7. The number of benzene rings is 2. The molecule has 134 valence electrons. The van der Waals surface area contributed by atoms with Crippen molar-refractivity contribution in [2.75, 3.05) is 11.9 Å². The average molecular weight is 350 g/mol. The zero-order valence-electron chi connectivity index (χ0n) is 15.2. The van der Waals surface area contributed by atoms with Gasteiger partial charge in [0.05, 0.1) is 5.39 Å². The van der Waals surface area contributed by atoms with Crippen LogP contribution in [0.2, 0.25) is 0 Å². The van der Waals surface area contributed by atoms with Crippen molar-refractivity contribution in [3.8, 4) is 5.75 Å². The largest absolute Gasteiger partial charge is 0.483 e. The first-order valence-corrected chi connectivity index (χ1v) is 8.61. The monoisotopic (exact) mass is 350 g/mol. The van der Waals surface area contributed by atoms with Crippen molar-refractivity contribution in [1.29, 1.82) is 0 Å². The lowest BCUT2D eigenvalue weighted by atomic mass is 10.1. The molecule has 3 aromatic rings. The van der Waals surface area contributed by atoms with Gasteiger partial charge in [-0.3, -0.25) is 9.59 Å². The number of anilines is 1. The molecule has 1 heterocycles. The molecule has 0 bridgehead atoms. The first-order chi connectivity index (χ1) is 12.5. The van der Waals surface area contributed by atoms with E-state index in [0.717, 1.165) is 16.8 Å². The summed E-state index contributed by atoms with van der Waals surface area (Å²) >= 11 is 0. The van der Waals surface area contributed by atoms with Gasteiger partial charge in [0.15, 0.2) is 6.61 Å². The summed E-state index contributed by atoms with van der Waals surface area (Å²) in [5.41, 5.74) is 2.79. The van der Waals surface area contributed by atoms with E-state index < -0.39 is 0 Å². The third-order valence-electron chi connectivity index (χ3n) is 4.35. The Hall–Kier alpha value is -3.08. The number of fused-ring (bicyclic) bond motifs is 1. The summed E-state index contributed by atoms with van der Waals surface area (Å²) in [5.74, 6) is 0.288. The highest BCUT2D eigenvalue weighted by Crippen LogP contribution is 2.23. The molecule has 0 saturated heterocycles. The number of aromatic nitrogens is 1. The number of pyridine rings is 1. The third kappa shape index (κ3) is 3.61. The fourth-order valence-electron chi connectivity index (χ4n) is 2.86. The van der Waals surface area contributed by atoms with E-state index in [1.165, 1.54) is 0 Å². The first-order valence-electron chi connectivity index (χ1n) is 8.61. The molecule has 0 spiro atoms. The lowest BCUT2D eigenvalue weighted by molar-refractivity contribution is -0.118. The minimum absolute atomic E-state index is 0.0599. The molecule has 5 heteroatoms. The standard InChI is InChI=1S/C21H22N2O3/c1-4-23-11-10-16-17(21(23)25)6-5-7-19(16)26-13-20(24)22-18-12-14(2)8-9-15(18)3/h5-12H,4,13H2,1-3H3,(H,22,24). The van der Waals surface area contributed by atoms with Gasteiger partial charge in [0.2, 0.25) is 0 Å². The van der Waals surface area contributed by atoms with Gasteiger partial charge in [0.25, 0.3) is 11.5 Å². The van der Waals surface area contributed by atoms with Gasteiger partial charge in [0.1, 0.15) is 5.75 Å². The van der Waals surface area contributed by atoms with Crippen LogP contribution in [-0.4, -0.2) is 17.1 Å². The number of amides is 1. The van der Waals surface area contributed by atoms with E-state index in [2.05, 4.69) is 5.32 Å². The number of aryl methyl sites for hydroxylation is 3. The molecule has 1 aromatic heterocycles. The van der Waals surface area contributed by atoms with E-state index in [1.807, 2.05) is 45.0 Å². The predicted molar refractivity (Wildman–Crippen MR) is 104 cm³/mol. The Morgan fingerprint density at radius 2 is 1.92 bits per heavy atom. The topological polar surface area (TPSA) is 60.3 Å². The van der Waals surface area contributed by atoms with Gasteiger partial charge < -0.3 is 14.6 Å². The number of rotatable bonds is 5. The maximum absolute atomic E-state index is 12.4. The third-order valence-corrected chi connectivity index (χ3v) is 4.35. The number of carbonyl (C=O) groups excluding carboxylic acids is 1. The van der Waals surface area contributed by atoms with Gasteiger partial charge >= 0.3 is 0 Å². The Kier molecular flexibility index (Phi) is 5.07. The first kappa shape index (κ1) is 17.7. The summed E-state index contributed by atoms with van der Waals surface area (Å²) < 4.78 is 7.33. The molecule has 5 nitrogen and oxygen atoms in total. The number of nitrogens with zero attached hydrogens (tertiary/aromatic N) is 1. The molecule has 0 unspecified atom stereocenters. The number of carbonyl (C=O) groups is 1. The Morgan fingerprint density at radius 3 is 2.69 bits per heavy atom. The lowest BCUT2D eigenvalue weighted by Gasteiger charge is -2.12. The number of hydrogen-bond acceptors (Lipinski definition) is 3. The van der Waals surface area contributed by atoms with Crippen LogP contribution in [0.4, 0.5) is 5.69 Å². The Bertz CT molecular complexity index is 1020. The van der Waals surface area contributed by atoms with Crippen LogP contribution in [0.3, 0.4) is 0 Å². The minimum atomic E-state index is -0.238. The Balaban J connectivity index is 1.77. The molecule has 0 aliphatic carbocycles. The van der Waals surface area contributed by atoms with Gasteiger partial charge in [-0.05, 0) is 56.2 Å². The van der Waals surface area contributed by atoms with Crippen LogP contribution >= 0.6 is 0 Å². The molecule has 2 aromatic carbocycles. The molecular weight excluding hydrogens is 328 g/mol. The van der Waals surface area contributed by atoms with Crippen molar-refractivity contribution in [2.24, 2.45) is 0 Å². The summed E-state index contributed by atoms with van der Waals surface area (Å²) in [7, 11) is 0. The maximum Gasteiger partial charge on any atom is 0.262 e. The van der Waals surface area contributed by atoms with E-state index in [4.69, 9.17) is 4.74 Å². The quantitative estimate of drug-likeness (QED) is 0.764. The van der Waals surface area contributed by atoms with Gasteiger partial charge in [-0.15, -0.1) is 0 Å². The van der Waals surface area contributed by atoms with E-state index in [1.54, 1.807) is 29.0 Å². The molecule has 3 rings (SSSR count). The number of hydrogen-bond donors (Lipinski definition) is 1. The SMILES string of the molecule is CCn1ccc2c(OCC(=O)Nc3cc(C)ccc3C)cccc2c1=O. The predicted octanol–water partition coefficient (Wildman–Crippen LogP) is 3.66. The summed E-state index contributed by atoms with van der Waals surface area (Å²) in [5, 5.41) is 4.16. The molecule has 26 heavy (non-hydrogen) atoms. The van der Waals surface area contributed by atoms with Crippen LogP contribution in [0, 0.1) is 13.8 Å². The van der Waals surface area contributed by atoms with Crippen LogP contribution in [0.1, 0.15) is 18.1 Å². The van der Waals surface area contributed by atoms with E-state index in [9.17, 15) is 9.59 Å². The van der Waals surface area contributed by atoms with Gasteiger partial charge in [-0.25, -0.2) is 0 Å². The van der Waals surface area contributed by atoms with Crippen LogP contribution in [0.15, 0.2) is 53.5 Å². The average Bonchev–Trinajstić information content (AvgIpc) is 2.63. The highest BCUT2D eigenvalue weighted by molar-refractivity contribution is 5.93. The van der Waals surface area contributed by atoms with E-state index in [0.29, 0.717) is 23.1 Å². The molecule has 0 aliphatic rings. The molecule has 1 amide bonds. The number of ether oxygens (including phenoxy) is 1. The highest BCUT2D eigenvalue weighted by atomic mass is 16.5. The molecule has 0 fully saturated rings. The molecule has 0 radical (unpaired) electrons. The van der Waals surface area contributed by atoms with Crippen molar-refractivity contribution in [2.45, 2.75) is 27.3 Å². The van der Waals surface area contributed by atoms with E-state index >= 15 is 0 Å². The van der Waals surface area contributed by atoms with Crippen LogP contribution in [0.25, 0.3) is 10.8 Å². The van der Waals surface area contributed by atoms with Crippen molar-refractivity contribution in [1.82, 2.24) is 4.57 Å². The van der Waals surface area contributed by atoms with Crippen molar-refractivity contribution >= 4 is 22.4 Å². The Morgan fingerprint density at radius 1 is 1.12 bits per heavy atom. The van der Waals surface area contributed by atoms with Gasteiger partial charge in [-0.2, -0.15) is 0 Å². The molecule has 0 atom stereocenters. The second-order valence-electron chi connectivity index (χ2n) is 6.28.